The number of benzene rings is 1. The third kappa shape index (κ3) is 4.43. The molecule has 150 valence electrons. The van der Waals surface area contributed by atoms with Crippen LogP contribution in [0.2, 0.25) is 0 Å². The first-order chi connectivity index (χ1) is 14.1. The van der Waals surface area contributed by atoms with Gasteiger partial charge in [-0.25, -0.2) is 4.79 Å². The maximum atomic E-state index is 12.5. The molecule has 0 unspecified atom stereocenters. The molecule has 0 aliphatic rings. The lowest BCUT2D eigenvalue weighted by Crippen LogP contribution is -2.33. The second-order valence-electron chi connectivity index (χ2n) is 6.58. The number of hydrogen-bond acceptors (Lipinski definition) is 7. The molecule has 0 bridgehead atoms. The van der Waals surface area contributed by atoms with Crippen LogP contribution in [0.4, 0.5) is 5.69 Å². The molecule has 3 aromatic heterocycles. The van der Waals surface area contributed by atoms with Gasteiger partial charge in [0.2, 0.25) is 11.8 Å². The molecule has 4 aromatic rings. The zero-order chi connectivity index (χ0) is 20.2. The van der Waals surface area contributed by atoms with Crippen LogP contribution in [-0.4, -0.2) is 44.1 Å². The predicted octanol–water partition coefficient (Wildman–Crippen LogP) is 2.35. The number of rotatable bonds is 8. The molecule has 0 aliphatic heterocycles. The van der Waals surface area contributed by atoms with E-state index >= 15 is 0 Å². The fourth-order valence-corrected chi connectivity index (χ4v) is 3.05. The van der Waals surface area contributed by atoms with Crippen LogP contribution < -0.4 is 11.0 Å². The quantitative estimate of drug-likeness (QED) is 0.416. The Morgan fingerprint density at radius 1 is 1.21 bits per heavy atom. The number of anilines is 1. The maximum Gasteiger partial charge on any atom is 0.323 e. The van der Waals surface area contributed by atoms with Crippen molar-refractivity contribution in [2.75, 3.05) is 18.4 Å². The first-order valence-corrected chi connectivity index (χ1v) is 9.21. The van der Waals surface area contributed by atoms with Crippen molar-refractivity contribution in [3.63, 3.8) is 0 Å². The lowest BCUT2D eigenvalue weighted by molar-refractivity contribution is -0.117. The minimum atomic E-state index is -0.286. The Bertz CT molecular complexity index is 1160. The Balaban J connectivity index is 1.40. The van der Waals surface area contributed by atoms with Crippen molar-refractivity contribution >= 4 is 22.6 Å². The molecule has 0 fully saturated rings. The fourth-order valence-electron chi connectivity index (χ4n) is 3.05. The van der Waals surface area contributed by atoms with E-state index in [0.717, 1.165) is 6.42 Å². The Labute approximate surface area is 164 Å². The van der Waals surface area contributed by atoms with Crippen molar-refractivity contribution in [3.05, 3.63) is 53.0 Å². The van der Waals surface area contributed by atoms with Crippen LogP contribution in [0.15, 0.2) is 50.2 Å². The number of carbonyl (C=O) groups excluding carboxylic acids is 1. The molecule has 10 nitrogen and oxygen atoms in total. The summed E-state index contributed by atoms with van der Waals surface area (Å²) in [5.41, 5.74) is 1.64. The lowest BCUT2D eigenvalue weighted by atomic mass is 10.2. The van der Waals surface area contributed by atoms with Crippen molar-refractivity contribution < 1.29 is 13.6 Å². The molecule has 0 saturated carbocycles. The molecule has 0 atom stereocenters. The van der Waals surface area contributed by atoms with E-state index < -0.39 is 0 Å². The van der Waals surface area contributed by atoms with Gasteiger partial charge >= 0.3 is 5.69 Å². The van der Waals surface area contributed by atoms with Crippen LogP contribution in [0.5, 0.6) is 0 Å². The van der Waals surface area contributed by atoms with Crippen molar-refractivity contribution in [1.82, 2.24) is 25.1 Å². The first-order valence-electron chi connectivity index (χ1n) is 9.21. The summed E-state index contributed by atoms with van der Waals surface area (Å²) in [5.74, 6) is 1.03. The lowest BCUT2D eigenvalue weighted by Gasteiger charge is -2.19. The zero-order valence-electron chi connectivity index (χ0n) is 15.8. The van der Waals surface area contributed by atoms with E-state index in [4.69, 9.17) is 8.83 Å². The van der Waals surface area contributed by atoms with E-state index in [1.165, 1.54) is 6.26 Å². The SMILES string of the molecule is CCCN(CC(=O)Nc1ccc2[nH]c(=O)[nH]c2c1)Cc1nnc(-c2ccco2)o1. The number of carbonyl (C=O) groups is 1. The monoisotopic (exact) mass is 396 g/mol. The molecular formula is C19H20N6O4. The van der Waals surface area contributed by atoms with Gasteiger partial charge in [0.15, 0.2) is 5.76 Å². The smallest absolute Gasteiger partial charge is 0.323 e. The van der Waals surface area contributed by atoms with Crippen molar-refractivity contribution in [3.8, 4) is 11.7 Å². The number of fused-ring (bicyclic) bond motifs is 1. The maximum absolute atomic E-state index is 12.5. The first kappa shape index (κ1) is 18.7. The van der Waals surface area contributed by atoms with Crippen LogP contribution in [0.25, 0.3) is 22.7 Å². The van der Waals surface area contributed by atoms with E-state index in [2.05, 4.69) is 25.5 Å². The van der Waals surface area contributed by atoms with E-state index in [1.54, 1.807) is 30.3 Å². The number of nitrogens with zero attached hydrogens (tertiary/aromatic N) is 3. The summed E-state index contributed by atoms with van der Waals surface area (Å²) in [6.45, 7) is 3.23. The molecular weight excluding hydrogens is 376 g/mol. The summed E-state index contributed by atoms with van der Waals surface area (Å²) in [4.78, 5) is 31.1. The molecule has 0 spiro atoms. The van der Waals surface area contributed by atoms with Gasteiger partial charge in [-0.05, 0) is 43.3 Å². The highest BCUT2D eigenvalue weighted by molar-refractivity contribution is 5.94. The number of H-pyrrole nitrogens is 2. The Kier molecular flexibility index (Phi) is 5.25. The second kappa shape index (κ2) is 8.15. The van der Waals surface area contributed by atoms with Gasteiger partial charge in [-0.3, -0.25) is 9.69 Å². The molecule has 0 saturated heterocycles. The number of amides is 1. The van der Waals surface area contributed by atoms with Gasteiger partial charge in [0.05, 0.1) is 30.4 Å². The Hall–Kier alpha value is -3.66. The highest BCUT2D eigenvalue weighted by atomic mass is 16.4. The summed E-state index contributed by atoms with van der Waals surface area (Å²) in [5, 5.41) is 10.9. The molecule has 1 aromatic carbocycles. The molecule has 3 N–H and O–H groups in total. The van der Waals surface area contributed by atoms with Crippen LogP contribution in [-0.2, 0) is 11.3 Å². The third-order valence-electron chi connectivity index (χ3n) is 4.26. The highest BCUT2D eigenvalue weighted by Gasteiger charge is 2.16. The van der Waals surface area contributed by atoms with Gasteiger partial charge in [-0.2, -0.15) is 0 Å². The predicted molar refractivity (Wildman–Crippen MR) is 105 cm³/mol. The van der Waals surface area contributed by atoms with Crippen molar-refractivity contribution in [2.45, 2.75) is 19.9 Å². The van der Waals surface area contributed by atoms with Gasteiger partial charge in [0.25, 0.3) is 5.89 Å². The molecule has 4 rings (SSSR count). The van der Waals surface area contributed by atoms with E-state index in [0.29, 0.717) is 47.4 Å². The number of aromatic nitrogens is 4. The molecule has 0 radical (unpaired) electrons. The van der Waals surface area contributed by atoms with E-state index in [9.17, 15) is 9.59 Å². The Morgan fingerprint density at radius 3 is 2.86 bits per heavy atom. The summed E-state index contributed by atoms with van der Waals surface area (Å²) in [6.07, 6.45) is 2.40. The number of aromatic amines is 2. The van der Waals surface area contributed by atoms with Gasteiger partial charge < -0.3 is 24.1 Å². The van der Waals surface area contributed by atoms with Crippen LogP contribution in [0.3, 0.4) is 0 Å². The third-order valence-corrected chi connectivity index (χ3v) is 4.26. The molecule has 0 aliphatic carbocycles. The van der Waals surface area contributed by atoms with E-state index in [1.807, 2.05) is 11.8 Å². The van der Waals surface area contributed by atoms with Crippen LogP contribution >= 0.6 is 0 Å². The number of furan rings is 1. The summed E-state index contributed by atoms with van der Waals surface area (Å²) in [6, 6.07) is 8.67. The summed E-state index contributed by atoms with van der Waals surface area (Å²) >= 11 is 0. The average molecular weight is 396 g/mol. The average Bonchev–Trinajstić information content (AvgIpc) is 3.41. The molecule has 29 heavy (non-hydrogen) atoms. The van der Waals surface area contributed by atoms with Crippen LogP contribution in [0, 0.1) is 0 Å². The fraction of sp³-hybridized carbons (Fsp3) is 0.263. The van der Waals surface area contributed by atoms with Gasteiger partial charge in [-0.1, -0.05) is 6.92 Å². The number of nitrogens with one attached hydrogen (secondary N) is 3. The number of imidazole rings is 1. The van der Waals surface area contributed by atoms with E-state index in [-0.39, 0.29) is 18.1 Å². The zero-order valence-corrected chi connectivity index (χ0v) is 15.8. The minimum absolute atomic E-state index is 0.161. The molecule has 1 amide bonds. The molecule has 3 heterocycles. The van der Waals surface area contributed by atoms with Gasteiger partial charge in [0.1, 0.15) is 0 Å². The highest BCUT2D eigenvalue weighted by Crippen LogP contribution is 2.19. The number of hydrogen-bond donors (Lipinski definition) is 3. The second-order valence-corrected chi connectivity index (χ2v) is 6.58. The summed E-state index contributed by atoms with van der Waals surface area (Å²) in [7, 11) is 0. The summed E-state index contributed by atoms with van der Waals surface area (Å²) < 4.78 is 10.9. The Morgan fingerprint density at radius 2 is 2.07 bits per heavy atom. The van der Waals surface area contributed by atoms with Crippen molar-refractivity contribution in [1.29, 1.82) is 0 Å². The normalized spacial score (nSPS) is 11.4. The molecule has 10 heteroatoms. The topological polar surface area (TPSA) is 133 Å². The van der Waals surface area contributed by atoms with Crippen LogP contribution in [0.1, 0.15) is 19.2 Å². The largest absolute Gasteiger partial charge is 0.459 e. The van der Waals surface area contributed by atoms with Gasteiger partial charge in [-0.15, -0.1) is 10.2 Å². The van der Waals surface area contributed by atoms with Gasteiger partial charge in [0, 0.05) is 5.69 Å². The standard InChI is InChI=1S/C19H20N6O4/c1-2-7-25(11-17-23-24-18(29-17)15-4-3-8-28-15)10-16(26)20-12-5-6-13-14(9-12)22-19(27)21-13/h3-6,8-9H,2,7,10-11H2,1H3,(H,20,26)(H2,21,22,27). The minimum Gasteiger partial charge on any atom is -0.459 e. The van der Waals surface area contributed by atoms with Crippen molar-refractivity contribution in [2.24, 2.45) is 0 Å².